The van der Waals surface area contributed by atoms with Crippen LogP contribution in [0.1, 0.15) is 17.7 Å². The first-order valence-electron chi connectivity index (χ1n) is 6.43. The van der Waals surface area contributed by atoms with Gasteiger partial charge in [-0.05, 0) is 37.1 Å². The van der Waals surface area contributed by atoms with E-state index >= 15 is 0 Å². The van der Waals surface area contributed by atoms with Crippen molar-refractivity contribution in [2.75, 3.05) is 13.7 Å². The minimum Gasteiger partial charge on any atom is -0.497 e. The third-order valence-corrected chi connectivity index (χ3v) is 2.83. The maximum atomic E-state index is 8.82. The van der Waals surface area contributed by atoms with Crippen LogP contribution in [0.5, 0.6) is 11.5 Å². The van der Waals surface area contributed by atoms with Gasteiger partial charge in [0, 0.05) is 18.0 Å². The van der Waals surface area contributed by atoms with Gasteiger partial charge in [0.05, 0.1) is 25.3 Å². The first-order chi connectivity index (χ1) is 9.81. The fourth-order valence-corrected chi connectivity index (χ4v) is 1.82. The normalized spacial score (nSPS) is 9.80. The second-order valence-corrected chi connectivity index (χ2v) is 4.28. The number of nitrogens with zero attached hydrogens (tertiary/aromatic N) is 2. The van der Waals surface area contributed by atoms with Crippen molar-refractivity contribution in [2.24, 2.45) is 0 Å². The minimum atomic E-state index is 0.603. The molecule has 0 aliphatic heterocycles. The van der Waals surface area contributed by atoms with Crippen molar-refractivity contribution in [2.45, 2.75) is 12.8 Å². The van der Waals surface area contributed by atoms with E-state index in [1.165, 1.54) is 0 Å². The molecule has 1 aromatic heterocycles. The van der Waals surface area contributed by atoms with Crippen LogP contribution in [0.4, 0.5) is 0 Å². The number of pyridine rings is 1. The molecule has 4 heteroatoms. The molecule has 2 rings (SSSR count). The van der Waals surface area contributed by atoms with Crippen LogP contribution in [0.15, 0.2) is 42.6 Å². The summed E-state index contributed by atoms with van der Waals surface area (Å²) in [5, 5.41) is 8.82. The number of nitriles is 1. The molecule has 102 valence electrons. The minimum absolute atomic E-state index is 0.603. The van der Waals surface area contributed by atoms with E-state index in [4.69, 9.17) is 14.7 Å². The van der Waals surface area contributed by atoms with E-state index in [-0.39, 0.29) is 0 Å². The van der Waals surface area contributed by atoms with E-state index in [1.807, 2.05) is 30.3 Å². The second-order valence-electron chi connectivity index (χ2n) is 4.28. The van der Waals surface area contributed by atoms with Gasteiger partial charge in [0.2, 0.25) is 0 Å². The van der Waals surface area contributed by atoms with Crippen LogP contribution >= 0.6 is 0 Å². The number of rotatable bonds is 6. The Balaban J connectivity index is 1.80. The number of aromatic nitrogens is 1. The highest BCUT2D eigenvalue weighted by molar-refractivity contribution is 5.32. The monoisotopic (exact) mass is 268 g/mol. The predicted octanol–water partition coefficient (Wildman–Crippen LogP) is 2.97. The Morgan fingerprint density at radius 2 is 2.05 bits per heavy atom. The molecule has 0 radical (unpaired) electrons. The van der Waals surface area contributed by atoms with Crippen molar-refractivity contribution in [1.82, 2.24) is 4.98 Å². The van der Waals surface area contributed by atoms with Crippen molar-refractivity contribution in [3.05, 3.63) is 53.9 Å². The molecule has 0 aliphatic carbocycles. The number of benzene rings is 1. The number of hydrogen-bond donors (Lipinski definition) is 0. The zero-order chi connectivity index (χ0) is 14.2. The highest BCUT2D eigenvalue weighted by Crippen LogP contribution is 2.19. The van der Waals surface area contributed by atoms with Gasteiger partial charge in [-0.2, -0.15) is 5.26 Å². The molecule has 0 amide bonds. The molecular weight excluding hydrogens is 252 g/mol. The van der Waals surface area contributed by atoms with E-state index in [0.717, 1.165) is 30.0 Å². The maximum absolute atomic E-state index is 8.82. The van der Waals surface area contributed by atoms with Crippen LogP contribution in [-0.2, 0) is 6.42 Å². The molecule has 0 N–H and O–H groups in total. The molecule has 2 aromatic rings. The average molecular weight is 268 g/mol. The summed E-state index contributed by atoms with van der Waals surface area (Å²) in [6.07, 6.45) is 3.30. The van der Waals surface area contributed by atoms with Gasteiger partial charge in [-0.1, -0.05) is 6.07 Å². The first-order valence-corrected chi connectivity index (χ1v) is 6.43. The molecule has 0 bridgehead atoms. The molecule has 0 saturated heterocycles. The third-order valence-electron chi connectivity index (χ3n) is 2.83. The molecule has 4 nitrogen and oxygen atoms in total. The van der Waals surface area contributed by atoms with E-state index < -0.39 is 0 Å². The smallest absolute Gasteiger partial charge is 0.122 e. The van der Waals surface area contributed by atoms with E-state index in [0.29, 0.717) is 12.2 Å². The van der Waals surface area contributed by atoms with Crippen LogP contribution in [0.25, 0.3) is 0 Å². The van der Waals surface area contributed by atoms with Crippen LogP contribution in [0.2, 0.25) is 0 Å². The van der Waals surface area contributed by atoms with Gasteiger partial charge in [-0.25, -0.2) is 0 Å². The Morgan fingerprint density at radius 1 is 1.20 bits per heavy atom. The molecule has 0 aliphatic rings. The van der Waals surface area contributed by atoms with Crippen molar-refractivity contribution >= 4 is 0 Å². The number of ether oxygens (including phenoxy) is 2. The summed E-state index contributed by atoms with van der Waals surface area (Å²) in [4.78, 5) is 4.23. The van der Waals surface area contributed by atoms with Crippen molar-refractivity contribution < 1.29 is 9.47 Å². The quantitative estimate of drug-likeness (QED) is 0.756. The summed E-state index contributed by atoms with van der Waals surface area (Å²) < 4.78 is 10.8. The number of methoxy groups -OCH3 is 1. The Morgan fingerprint density at radius 3 is 2.85 bits per heavy atom. The molecule has 20 heavy (non-hydrogen) atoms. The van der Waals surface area contributed by atoms with Crippen LogP contribution in [0, 0.1) is 11.3 Å². The molecule has 1 aromatic carbocycles. The standard InChI is InChI=1S/C16H16N2O2/c1-19-15-5-2-6-16(11-15)20-9-3-4-14-10-13(12-17)7-8-18-14/h2,5-8,10-11H,3-4,9H2,1H3. The molecule has 1 heterocycles. The van der Waals surface area contributed by atoms with E-state index in [2.05, 4.69) is 11.1 Å². The van der Waals surface area contributed by atoms with E-state index in [9.17, 15) is 0 Å². The highest BCUT2D eigenvalue weighted by Gasteiger charge is 1.99. The van der Waals surface area contributed by atoms with Gasteiger partial charge in [-0.3, -0.25) is 4.98 Å². The summed E-state index contributed by atoms with van der Waals surface area (Å²) in [5.41, 5.74) is 1.56. The zero-order valence-electron chi connectivity index (χ0n) is 11.4. The van der Waals surface area contributed by atoms with Gasteiger partial charge in [-0.15, -0.1) is 0 Å². The topological polar surface area (TPSA) is 55.1 Å². The lowest BCUT2D eigenvalue weighted by Crippen LogP contribution is -2.01. The predicted molar refractivity (Wildman–Crippen MR) is 75.8 cm³/mol. The number of hydrogen-bond acceptors (Lipinski definition) is 4. The van der Waals surface area contributed by atoms with Crippen molar-refractivity contribution in [3.63, 3.8) is 0 Å². The molecule has 0 fully saturated rings. The lowest BCUT2D eigenvalue weighted by molar-refractivity contribution is 0.308. The van der Waals surface area contributed by atoms with Gasteiger partial charge >= 0.3 is 0 Å². The van der Waals surface area contributed by atoms with Gasteiger partial charge in [0.25, 0.3) is 0 Å². The molecule has 0 unspecified atom stereocenters. The fraction of sp³-hybridized carbons (Fsp3) is 0.250. The Labute approximate surface area is 118 Å². The van der Waals surface area contributed by atoms with Gasteiger partial charge in [0.15, 0.2) is 0 Å². The zero-order valence-corrected chi connectivity index (χ0v) is 11.4. The average Bonchev–Trinajstić information content (AvgIpc) is 2.52. The lowest BCUT2D eigenvalue weighted by atomic mass is 10.2. The maximum Gasteiger partial charge on any atom is 0.122 e. The lowest BCUT2D eigenvalue weighted by Gasteiger charge is -2.07. The van der Waals surface area contributed by atoms with Crippen LogP contribution < -0.4 is 9.47 Å². The Kier molecular flexibility index (Phi) is 4.96. The molecular formula is C16H16N2O2. The Bertz CT molecular complexity index is 605. The van der Waals surface area contributed by atoms with Gasteiger partial charge < -0.3 is 9.47 Å². The summed E-state index contributed by atoms with van der Waals surface area (Å²) in [7, 11) is 1.63. The second kappa shape index (κ2) is 7.15. The largest absolute Gasteiger partial charge is 0.497 e. The third kappa shape index (κ3) is 3.99. The molecule has 0 atom stereocenters. The van der Waals surface area contributed by atoms with Crippen molar-refractivity contribution in [1.29, 1.82) is 5.26 Å². The summed E-state index contributed by atoms with van der Waals surface area (Å²) in [5.74, 6) is 1.58. The van der Waals surface area contributed by atoms with Crippen molar-refractivity contribution in [3.8, 4) is 17.6 Å². The molecule has 0 spiro atoms. The van der Waals surface area contributed by atoms with E-state index in [1.54, 1.807) is 19.4 Å². The highest BCUT2D eigenvalue weighted by atomic mass is 16.5. The Hall–Kier alpha value is -2.54. The van der Waals surface area contributed by atoms with Crippen LogP contribution in [-0.4, -0.2) is 18.7 Å². The van der Waals surface area contributed by atoms with Crippen LogP contribution in [0.3, 0.4) is 0 Å². The summed E-state index contributed by atoms with van der Waals surface area (Å²) in [6, 6.07) is 13.2. The number of aryl methyl sites for hydroxylation is 1. The summed E-state index contributed by atoms with van der Waals surface area (Å²) in [6.45, 7) is 0.603. The first kappa shape index (κ1) is 13.9. The van der Waals surface area contributed by atoms with Gasteiger partial charge in [0.1, 0.15) is 11.5 Å². The summed E-state index contributed by atoms with van der Waals surface area (Å²) >= 11 is 0. The molecule has 0 saturated carbocycles. The fourth-order valence-electron chi connectivity index (χ4n) is 1.82. The SMILES string of the molecule is COc1cccc(OCCCc2cc(C#N)ccn2)c1.